The standard InChI is InChI=1S/C13H20N2O2S/c1-3-13(4-2)7-9(16)15(12(13)17)10(11(14)18)8-5-6-8/h8,10H,3-7H2,1-2H3,(H2,14,18). The highest BCUT2D eigenvalue weighted by Gasteiger charge is 2.54. The summed E-state index contributed by atoms with van der Waals surface area (Å²) in [6.45, 7) is 3.93. The summed E-state index contributed by atoms with van der Waals surface area (Å²) in [5.41, 5.74) is 5.22. The zero-order valence-electron chi connectivity index (χ0n) is 10.9. The average Bonchev–Trinajstić information content (AvgIpc) is 3.11. The van der Waals surface area contributed by atoms with Crippen LogP contribution in [0.25, 0.3) is 0 Å². The highest BCUT2D eigenvalue weighted by molar-refractivity contribution is 7.80. The molecule has 2 amide bonds. The van der Waals surface area contributed by atoms with Gasteiger partial charge in [-0.15, -0.1) is 0 Å². The Hall–Kier alpha value is -0.970. The summed E-state index contributed by atoms with van der Waals surface area (Å²) in [4.78, 5) is 26.4. The smallest absolute Gasteiger partial charge is 0.236 e. The van der Waals surface area contributed by atoms with E-state index in [1.54, 1.807) is 0 Å². The third kappa shape index (κ3) is 1.94. The maximum atomic E-state index is 12.6. The molecule has 2 rings (SSSR count). The van der Waals surface area contributed by atoms with Crippen molar-refractivity contribution in [3.05, 3.63) is 0 Å². The van der Waals surface area contributed by atoms with Crippen LogP contribution in [-0.4, -0.2) is 27.7 Å². The second-order valence-corrected chi connectivity index (χ2v) is 5.89. The van der Waals surface area contributed by atoms with Gasteiger partial charge in [0.25, 0.3) is 0 Å². The lowest BCUT2D eigenvalue weighted by molar-refractivity contribution is -0.143. The number of nitrogens with zero attached hydrogens (tertiary/aromatic N) is 1. The lowest BCUT2D eigenvalue weighted by atomic mass is 9.81. The predicted molar refractivity (Wildman–Crippen MR) is 72.8 cm³/mol. The lowest BCUT2D eigenvalue weighted by Crippen LogP contribution is -2.49. The third-order valence-electron chi connectivity index (χ3n) is 4.42. The van der Waals surface area contributed by atoms with Gasteiger partial charge >= 0.3 is 0 Å². The fourth-order valence-corrected chi connectivity index (χ4v) is 3.18. The summed E-state index contributed by atoms with van der Waals surface area (Å²) in [6, 6.07) is -0.347. The molecule has 0 spiro atoms. The molecule has 18 heavy (non-hydrogen) atoms. The first-order valence-electron chi connectivity index (χ1n) is 6.62. The molecule has 1 aliphatic heterocycles. The molecule has 0 radical (unpaired) electrons. The number of imide groups is 1. The monoisotopic (exact) mass is 268 g/mol. The minimum atomic E-state index is -0.519. The Labute approximate surface area is 113 Å². The Balaban J connectivity index is 2.30. The molecule has 4 nitrogen and oxygen atoms in total. The van der Waals surface area contributed by atoms with E-state index in [1.807, 2.05) is 13.8 Å². The Morgan fingerprint density at radius 3 is 2.33 bits per heavy atom. The van der Waals surface area contributed by atoms with Crippen LogP contribution in [-0.2, 0) is 9.59 Å². The number of carbonyl (C=O) groups excluding carboxylic acids is 2. The summed E-state index contributed by atoms with van der Waals surface area (Å²) < 4.78 is 0. The molecule has 2 aliphatic rings. The minimum absolute atomic E-state index is 0.0674. The molecular weight excluding hydrogens is 248 g/mol. The molecule has 1 saturated carbocycles. The fourth-order valence-electron chi connectivity index (χ4n) is 2.89. The van der Waals surface area contributed by atoms with Crippen LogP contribution in [0.15, 0.2) is 0 Å². The van der Waals surface area contributed by atoms with Gasteiger partial charge in [0, 0.05) is 6.42 Å². The van der Waals surface area contributed by atoms with Gasteiger partial charge in [0.05, 0.1) is 16.4 Å². The van der Waals surface area contributed by atoms with Crippen molar-refractivity contribution in [2.24, 2.45) is 17.1 Å². The summed E-state index contributed by atoms with van der Waals surface area (Å²) in [7, 11) is 0. The first kappa shape index (κ1) is 13.5. The number of hydrogen-bond donors (Lipinski definition) is 1. The molecule has 0 aromatic carbocycles. The van der Waals surface area contributed by atoms with Crippen LogP contribution < -0.4 is 5.73 Å². The number of nitrogens with two attached hydrogens (primary N) is 1. The van der Waals surface area contributed by atoms with Crippen LogP contribution >= 0.6 is 12.2 Å². The van der Waals surface area contributed by atoms with Gasteiger partial charge in [-0.3, -0.25) is 14.5 Å². The van der Waals surface area contributed by atoms with Crippen LogP contribution in [0.2, 0.25) is 0 Å². The molecule has 1 aliphatic carbocycles. The van der Waals surface area contributed by atoms with Crippen LogP contribution in [0, 0.1) is 11.3 Å². The molecule has 1 atom stereocenters. The van der Waals surface area contributed by atoms with Crippen LogP contribution in [0.5, 0.6) is 0 Å². The van der Waals surface area contributed by atoms with E-state index in [-0.39, 0.29) is 22.8 Å². The summed E-state index contributed by atoms with van der Waals surface area (Å²) in [5.74, 6) is 0.121. The van der Waals surface area contributed by atoms with Gasteiger partial charge in [0.15, 0.2) is 0 Å². The van der Waals surface area contributed by atoms with E-state index in [1.165, 1.54) is 4.90 Å². The molecule has 0 bridgehead atoms. The van der Waals surface area contributed by atoms with Crippen LogP contribution in [0.3, 0.4) is 0 Å². The van der Waals surface area contributed by atoms with E-state index >= 15 is 0 Å². The van der Waals surface area contributed by atoms with E-state index in [9.17, 15) is 9.59 Å². The summed E-state index contributed by atoms with van der Waals surface area (Å²) >= 11 is 5.05. The average molecular weight is 268 g/mol. The summed E-state index contributed by atoms with van der Waals surface area (Å²) in [6.07, 6.45) is 3.71. The van der Waals surface area contributed by atoms with Gasteiger partial charge in [-0.25, -0.2) is 0 Å². The number of likely N-dealkylation sites (tertiary alicyclic amines) is 1. The third-order valence-corrected chi connectivity index (χ3v) is 4.66. The Morgan fingerprint density at radius 1 is 1.44 bits per heavy atom. The minimum Gasteiger partial charge on any atom is -0.392 e. The van der Waals surface area contributed by atoms with Gasteiger partial charge in [0.2, 0.25) is 11.8 Å². The Bertz CT molecular complexity index is 400. The number of rotatable bonds is 5. The van der Waals surface area contributed by atoms with E-state index in [0.717, 1.165) is 12.8 Å². The molecule has 5 heteroatoms. The second-order valence-electron chi connectivity index (χ2n) is 5.42. The van der Waals surface area contributed by atoms with Crippen molar-refractivity contribution in [3.8, 4) is 0 Å². The first-order valence-corrected chi connectivity index (χ1v) is 7.03. The lowest BCUT2D eigenvalue weighted by Gasteiger charge is -2.28. The van der Waals surface area contributed by atoms with Crippen molar-refractivity contribution in [2.45, 2.75) is 52.0 Å². The largest absolute Gasteiger partial charge is 0.392 e. The Kier molecular flexibility index (Phi) is 3.45. The van der Waals surface area contributed by atoms with E-state index in [2.05, 4.69) is 0 Å². The van der Waals surface area contributed by atoms with E-state index < -0.39 is 5.41 Å². The van der Waals surface area contributed by atoms with Gasteiger partial charge in [-0.2, -0.15) is 0 Å². The van der Waals surface area contributed by atoms with E-state index in [0.29, 0.717) is 25.2 Å². The molecule has 1 heterocycles. The van der Waals surface area contributed by atoms with Crippen LogP contribution in [0.1, 0.15) is 46.0 Å². The van der Waals surface area contributed by atoms with Crippen molar-refractivity contribution in [1.29, 1.82) is 0 Å². The van der Waals surface area contributed by atoms with Crippen molar-refractivity contribution in [1.82, 2.24) is 4.90 Å². The topological polar surface area (TPSA) is 63.4 Å². The maximum absolute atomic E-state index is 12.6. The van der Waals surface area contributed by atoms with Crippen LogP contribution in [0.4, 0.5) is 0 Å². The van der Waals surface area contributed by atoms with Gasteiger partial charge < -0.3 is 5.73 Å². The van der Waals surface area contributed by atoms with E-state index in [4.69, 9.17) is 18.0 Å². The van der Waals surface area contributed by atoms with Crippen molar-refractivity contribution >= 4 is 29.0 Å². The molecule has 100 valence electrons. The quantitative estimate of drug-likeness (QED) is 0.608. The number of carbonyl (C=O) groups is 2. The van der Waals surface area contributed by atoms with Crippen molar-refractivity contribution < 1.29 is 9.59 Å². The fraction of sp³-hybridized carbons (Fsp3) is 0.769. The maximum Gasteiger partial charge on any atom is 0.236 e. The Morgan fingerprint density at radius 2 is 2.00 bits per heavy atom. The van der Waals surface area contributed by atoms with Gasteiger partial charge in [-0.05, 0) is 31.6 Å². The number of thiocarbonyl (C=S) groups is 1. The SMILES string of the molecule is CCC1(CC)CC(=O)N(C(C(N)=S)C2CC2)C1=O. The molecule has 0 aromatic rings. The van der Waals surface area contributed by atoms with Gasteiger partial charge in [-0.1, -0.05) is 26.1 Å². The molecule has 1 saturated heterocycles. The van der Waals surface area contributed by atoms with Gasteiger partial charge in [0.1, 0.15) is 0 Å². The highest BCUT2D eigenvalue weighted by Crippen LogP contribution is 2.44. The molecular formula is C13H20N2O2S. The zero-order chi connectivity index (χ0) is 13.5. The first-order chi connectivity index (χ1) is 8.46. The second kappa shape index (κ2) is 4.61. The number of hydrogen-bond acceptors (Lipinski definition) is 3. The normalized spacial score (nSPS) is 24.4. The summed E-state index contributed by atoms with van der Waals surface area (Å²) in [5, 5.41) is 0. The highest BCUT2D eigenvalue weighted by atomic mass is 32.1. The van der Waals surface area contributed by atoms with Crippen molar-refractivity contribution in [2.75, 3.05) is 0 Å². The predicted octanol–water partition coefficient (Wildman–Crippen LogP) is 1.62. The zero-order valence-corrected chi connectivity index (χ0v) is 11.8. The van der Waals surface area contributed by atoms with Crippen molar-refractivity contribution in [3.63, 3.8) is 0 Å². The molecule has 2 fully saturated rings. The molecule has 1 unspecified atom stereocenters. The number of amides is 2. The molecule has 2 N–H and O–H groups in total. The molecule has 0 aromatic heterocycles.